The lowest BCUT2D eigenvalue weighted by Crippen LogP contribution is -2.32. The SMILES string of the molecule is N#CCN(CC#N)S(=O)(=O)c1ccc(C(N)=O)cc1N. The maximum absolute atomic E-state index is 12.2. The maximum atomic E-state index is 12.2. The third kappa shape index (κ3) is 3.03. The van der Waals surface area contributed by atoms with E-state index >= 15 is 0 Å². The minimum absolute atomic E-state index is 0.0635. The third-order valence-electron chi connectivity index (χ3n) is 2.41. The molecule has 0 aliphatic carbocycles. The summed E-state index contributed by atoms with van der Waals surface area (Å²) in [6.45, 7) is -0.959. The molecule has 0 heterocycles. The predicted octanol–water partition coefficient (Wildman–Crippen LogP) is -0.594. The van der Waals surface area contributed by atoms with Gasteiger partial charge in [0.15, 0.2) is 0 Å². The van der Waals surface area contributed by atoms with Crippen molar-refractivity contribution in [3.8, 4) is 12.1 Å². The van der Waals surface area contributed by atoms with E-state index in [9.17, 15) is 13.2 Å². The van der Waals surface area contributed by atoms with Crippen LogP contribution in [0.25, 0.3) is 0 Å². The van der Waals surface area contributed by atoms with Crippen molar-refractivity contribution in [2.75, 3.05) is 18.8 Å². The first-order valence-electron chi connectivity index (χ1n) is 5.28. The van der Waals surface area contributed by atoms with Gasteiger partial charge in [-0.3, -0.25) is 4.79 Å². The maximum Gasteiger partial charge on any atom is 0.248 e. The minimum atomic E-state index is -4.09. The molecule has 0 aliphatic heterocycles. The molecule has 1 aromatic rings. The number of sulfonamides is 1. The van der Waals surface area contributed by atoms with E-state index in [1.807, 2.05) is 0 Å². The van der Waals surface area contributed by atoms with Gasteiger partial charge in [0.1, 0.15) is 18.0 Å². The number of carbonyl (C=O) groups excluding carboxylic acids is 1. The molecular formula is C11H11N5O3S. The van der Waals surface area contributed by atoms with Gasteiger partial charge in [0.2, 0.25) is 15.9 Å². The Morgan fingerprint density at radius 1 is 1.25 bits per heavy atom. The Morgan fingerprint density at radius 3 is 2.20 bits per heavy atom. The average molecular weight is 293 g/mol. The van der Waals surface area contributed by atoms with Gasteiger partial charge in [-0.15, -0.1) is 0 Å². The number of carbonyl (C=O) groups is 1. The Labute approximate surface area is 115 Å². The van der Waals surface area contributed by atoms with Crippen LogP contribution in [0, 0.1) is 22.7 Å². The second kappa shape index (κ2) is 6.02. The minimum Gasteiger partial charge on any atom is -0.398 e. The molecule has 1 aromatic carbocycles. The fourth-order valence-corrected chi connectivity index (χ4v) is 2.79. The smallest absolute Gasteiger partial charge is 0.248 e. The number of benzene rings is 1. The number of primary amides is 1. The van der Waals surface area contributed by atoms with E-state index in [4.69, 9.17) is 22.0 Å². The van der Waals surface area contributed by atoms with E-state index in [0.29, 0.717) is 4.31 Å². The van der Waals surface area contributed by atoms with Gasteiger partial charge in [-0.05, 0) is 18.2 Å². The number of nitrogens with zero attached hydrogens (tertiary/aromatic N) is 3. The molecular weight excluding hydrogens is 282 g/mol. The number of amides is 1. The summed E-state index contributed by atoms with van der Waals surface area (Å²) in [4.78, 5) is 10.7. The number of rotatable bonds is 5. The highest BCUT2D eigenvalue weighted by Crippen LogP contribution is 2.23. The van der Waals surface area contributed by atoms with Gasteiger partial charge in [0, 0.05) is 5.56 Å². The first-order valence-corrected chi connectivity index (χ1v) is 6.72. The molecule has 9 heteroatoms. The fraction of sp³-hybridized carbons (Fsp3) is 0.182. The van der Waals surface area contributed by atoms with Crippen LogP contribution < -0.4 is 11.5 Å². The van der Waals surface area contributed by atoms with Gasteiger partial charge in [0.25, 0.3) is 0 Å². The molecule has 1 rings (SSSR count). The quantitative estimate of drug-likeness (QED) is 0.546. The van der Waals surface area contributed by atoms with E-state index in [0.717, 1.165) is 12.1 Å². The molecule has 20 heavy (non-hydrogen) atoms. The van der Waals surface area contributed by atoms with Crippen LogP contribution in [0.4, 0.5) is 5.69 Å². The lowest BCUT2D eigenvalue weighted by molar-refractivity contribution is 0.1000. The third-order valence-corrected chi connectivity index (χ3v) is 4.27. The van der Waals surface area contributed by atoms with Gasteiger partial charge < -0.3 is 11.5 Å². The van der Waals surface area contributed by atoms with Crippen LogP contribution in [0.2, 0.25) is 0 Å². The number of nitrogen functional groups attached to an aromatic ring is 1. The zero-order valence-electron chi connectivity index (χ0n) is 10.3. The summed E-state index contributed by atoms with van der Waals surface area (Å²) >= 11 is 0. The van der Waals surface area contributed by atoms with Crippen molar-refractivity contribution in [1.29, 1.82) is 10.5 Å². The van der Waals surface area contributed by atoms with Crippen LogP contribution >= 0.6 is 0 Å². The van der Waals surface area contributed by atoms with E-state index < -0.39 is 29.0 Å². The molecule has 0 aromatic heterocycles. The summed E-state index contributed by atoms with van der Waals surface area (Å²) in [7, 11) is -4.09. The Hall–Kier alpha value is -2.62. The highest BCUT2D eigenvalue weighted by molar-refractivity contribution is 7.89. The molecule has 0 atom stereocenters. The molecule has 0 saturated heterocycles. The molecule has 1 amide bonds. The number of anilines is 1. The van der Waals surface area contributed by atoms with Crippen molar-refractivity contribution in [3.63, 3.8) is 0 Å². The molecule has 104 valence electrons. The van der Waals surface area contributed by atoms with Crippen LogP contribution in [0.5, 0.6) is 0 Å². The number of nitrogens with two attached hydrogens (primary N) is 2. The van der Waals surface area contributed by atoms with Gasteiger partial charge in [-0.1, -0.05) is 0 Å². The summed E-state index contributed by atoms with van der Waals surface area (Å²) in [5, 5.41) is 17.2. The topological polar surface area (TPSA) is 154 Å². The lowest BCUT2D eigenvalue weighted by atomic mass is 10.2. The number of hydrogen-bond acceptors (Lipinski definition) is 6. The molecule has 0 aliphatic rings. The molecule has 0 spiro atoms. The van der Waals surface area contributed by atoms with Crippen LogP contribution in [0.15, 0.2) is 23.1 Å². The van der Waals surface area contributed by atoms with E-state index in [-0.39, 0.29) is 16.1 Å². The number of nitriles is 2. The average Bonchev–Trinajstić information content (AvgIpc) is 2.37. The van der Waals surface area contributed by atoms with Crippen molar-refractivity contribution in [2.24, 2.45) is 5.73 Å². The highest BCUT2D eigenvalue weighted by Gasteiger charge is 2.26. The Bertz CT molecular complexity index is 699. The van der Waals surface area contributed by atoms with Gasteiger partial charge in [-0.25, -0.2) is 8.42 Å². The molecule has 0 bridgehead atoms. The second-order valence-electron chi connectivity index (χ2n) is 3.71. The van der Waals surface area contributed by atoms with Crippen molar-refractivity contribution in [2.45, 2.75) is 4.90 Å². The van der Waals surface area contributed by atoms with Gasteiger partial charge in [0.05, 0.1) is 17.8 Å². The summed E-state index contributed by atoms with van der Waals surface area (Å²) < 4.78 is 25.2. The van der Waals surface area contributed by atoms with Crippen molar-refractivity contribution in [3.05, 3.63) is 23.8 Å². The second-order valence-corrected chi connectivity index (χ2v) is 5.61. The summed E-state index contributed by atoms with van der Waals surface area (Å²) in [5.41, 5.74) is 10.5. The number of hydrogen-bond donors (Lipinski definition) is 2. The van der Waals surface area contributed by atoms with E-state index in [1.54, 1.807) is 12.1 Å². The highest BCUT2D eigenvalue weighted by atomic mass is 32.2. The van der Waals surface area contributed by atoms with Crippen LogP contribution in [-0.4, -0.2) is 31.7 Å². The lowest BCUT2D eigenvalue weighted by Gasteiger charge is -2.17. The molecule has 8 nitrogen and oxygen atoms in total. The zero-order chi connectivity index (χ0) is 15.3. The van der Waals surface area contributed by atoms with Crippen LogP contribution in [-0.2, 0) is 10.0 Å². The molecule has 0 saturated carbocycles. The van der Waals surface area contributed by atoms with Crippen molar-refractivity contribution >= 4 is 21.6 Å². The molecule has 0 radical (unpaired) electrons. The Kier molecular flexibility index (Phi) is 4.64. The fourth-order valence-electron chi connectivity index (χ4n) is 1.46. The molecule has 0 unspecified atom stereocenters. The zero-order valence-corrected chi connectivity index (χ0v) is 11.1. The van der Waals surface area contributed by atoms with Crippen LogP contribution in [0.3, 0.4) is 0 Å². The summed E-state index contributed by atoms with van der Waals surface area (Å²) in [6, 6.07) is 6.78. The summed E-state index contributed by atoms with van der Waals surface area (Å²) in [6.07, 6.45) is 0. The van der Waals surface area contributed by atoms with Gasteiger partial charge >= 0.3 is 0 Å². The predicted molar refractivity (Wildman–Crippen MR) is 69.4 cm³/mol. The largest absolute Gasteiger partial charge is 0.398 e. The molecule has 0 fully saturated rings. The van der Waals surface area contributed by atoms with E-state index in [1.165, 1.54) is 6.07 Å². The Morgan fingerprint density at radius 2 is 1.80 bits per heavy atom. The molecule has 4 N–H and O–H groups in total. The van der Waals surface area contributed by atoms with Crippen molar-refractivity contribution in [1.82, 2.24) is 4.31 Å². The summed E-state index contributed by atoms with van der Waals surface area (Å²) in [5.74, 6) is -0.744. The Balaban J connectivity index is 3.32. The normalized spacial score (nSPS) is 10.8. The van der Waals surface area contributed by atoms with Gasteiger partial charge in [-0.2, -0.15) is 14.8 Å². The monoisotopic (exact) mass is 293 g/mol. The van der Waals surface area contributed by atoms with Crippen molar-refractivity contribution < 1.29 is 13.2 Å². The first kappa shape index (κ1) is 15.4. The van der Waals surface area contributed by atoms with Crippen LogP contribution in [0.1, 0.15) is 10.4 Å². The standard InChI is InChI=1S/C11H11N5O3S/c12-3-5-16(6-4-13)20(18,19)10-2-1-8(11(15)17)7-9(10)14/h1-2,7H,5-6,14H2,(H2,15,17). The first-order chi connectivity index (χ1) is 9.34. The van der Waals surface area contributed by atoms with E-state index in [2.05, 4.69) is 0 Å².